The number of para-hydroxylation sites is 2. The van der Waals surface area contributed by atoms with Crippen molar-refractivity contribution in [3.63, 3.8) is 0 Å². The molecule has 0 aromatic heterocycles. The number of benzene rings is 2. The number of nitrogens with one attached hydrogen (secondary N) is 1. The molecular formula is C16H14FNO2. The van der Waals surface area contributed by atoms with Gasteiger partial charge in [0.15, 0.2) is 0 Å². The van der Waals surface area contributed by atoms with Crippen LogP contribution in [-0.4, -0.2) is 11.0 Å². The number of phenolic OH excluding ortho intramolecular Hbond substituents is 1. The molecule has 2 aromatic carbocycles. The molecule has 2 unspecified atom stereocenters. The van der Waals surface area contributed by atoms with Gasteiger partial charge in [0.2, 0.25) is 5.91 Å². The number of amides is 1. The molecule has 1 fully saturated rings. The van der Waals surface area contributed by atoms with Crippen molar-refractivity contribution in [1.29, 1.82) is 0 Å². The van der Waals surface area contributed by atoms with Crippen molar-refractivity contribution in [1.82, 2.24) is 0 Å². The highest BCUT2D eigenvalue weighted by Gasteiger charge is 2.44. The van der Waals surface area contributed by atoms with E-state index in [1.807, 2.05) is 0 Å². The van der Waals surface area contributed by atoms with Gasteiger partial charge in [-0.3, -0.25) is 4.79 Å². The number of rotatable bonds is 3. The summed E-state index contributed by atoms with van der Waals surface area (Å²) in [6.07, 6.45) is 0.755. The fourth-order valence-corrected chi connectivity index (χ4v) is 2.37. The molecule has 4 heteroatoms. The van der Waals surface area contributed by atoms with Gasteiger partial charge in [0, 0.05) is 5.92 Å². The first-order valence-electron chi connectivity index (χ1n) is 6.49. The molecule has 0 aliphatic heterocycles. The quantitative estimate of drug-likeness (QED) is 0.842. The maximum Gasteiger partial charge on any atom is 0.228 e. The summed E-state index contributed by atoms with van der Waals surface area (Å²) in [4.78, 5) is 12.1. The lowest BCUT2D eigenvalue weighted by Crippen LogP contribution is -2.14. The van der Waals surface area contributed by atoms with Gasteiger partial charge in [-0.25, -0.2) is 4.39 Å². The molecule has 3 nitrogen and oxygen atoms in total. The Morgan fingerprint density at radius 2 is 1.85 bits per heavy atom. The smallest absolute Gasteiger partial charge is 0.228 e. The molecule has 0 saturated heterocycles. The Balaban J connectivity index is 1.66. The largest absolute Gasteiger partial charge is 0.506 e. The Kier molecular flexibility index (Phi) is 3.14. The number of carbonyl (C=O) groups is 1. The third-order valence-corrected chi connectivity index (χ3v) is 3.59. The molecule has 1 aliphatic rings. The number of hydrogen-bond acceptors (Lipinski definition) is 2. The van der Waals surface area contributed by atoms with Crippen LogP contribution in [-0.2, 0) is 4.79 Å². The zero-order chi connectivity index (χ0) is 14.1. The molecule has 1 saturated carbocycles. The second-order valence-corrected chi connectivity index (χ2v) is 5.01. The van der Waals surface area contributed by atoms with Crippen molar-refractivity contribution in [3.05, 3.63) is 59.9 Å². The van der Waals surface area contributed by atoms with Gasteiger partial charge < -0.3 is 10.4 Å². The van der Waals surface area contributed by atoms with E-state index in [1.165, 1.54) is 18.2 Å². The summed E-state index contributed by atoms with van der Waals surface area (Å²) in [5, 5.41) is 12.3. The molecule has 3 rings (SSSR count). The minimum Gasteiger partial charge on any atom is -0.506 e. The van der Waals surface area contributed by atoms with E-state index in [0.29, 0.717) is 5.69 Å². The zero-order valence-electron chi connectivity index (χ0n) is 10.7. The van der Waals surface area contributed by atoms with Gasteiger partial charge in [0.05, 0.1) is 5.69 Å². The topological polar surface area (TPSA) is 49.3 Å². The lowest BCUT2D eigenvalue weighted by Gasteiger charge is -2.06. The summed E-state index contributed by atoms with van der Waals surface area (Å²) in [5.74, 6) is -0.299. The Hall–Kier alpha value is -2.36. The summed E-state index contributed by atoms with van der Waals surface area (Å²) in [5.41, 5.74) is 1.39. The predicted octanol–water partition coefficient (Wildman–Crippen LogP) is 3.27. The fraction of sp³-hybridized carbons (Fsp3) is 0.188. The van der Waals surface area contributed by atoms with Crippen molar-refractivity contribution in [2.45, 2.75) is 12.3 Å². The standard InChI is InChI=1S/C16H14FNO2/c17-11-7-5-10(6-8-11)12-9-13(12)16(20)18-14-3-1-2-4-15(14)19/h1-8,12-13,19H,9H2,(H,18,20). The first kappa shape index (κ1) is 12.7. The number of carbonyl (C=O) groups excluding carboxylic acids is 1. The minimum absolute atomic E-state index is 0.0554. The molecule has 2 N–H and O–H groups in total. The minimum atomic E-state index is -0.274. The summed E-state index contributed by atoms with van der Waals surface area (Å²) in [6, 6.07) is 12.9. The lowest BCUT2D eigenvalue weighted by atomic mass is 10.1. The molecule has 0 spiro atoms. The molecule has 0 bridgehead atoms. The van der Waals surface area contributed by atoms with E-state index in [4.69, 9.17) is 0 Å². The van der Waals surface area contributed by atoms with Gasteiger partial charge in [-0.05, 0) is 42.2 Å². The molecular weight excluding hydrogens is 257 g/mol. The van der Waals surface area contributed by atoms with Crippen LogP contribution in [0.25, 0.3) is 0 Å². The van der Waals surface area contributed by atoms with Crippen LogP contribution in [0.3, 0.4) is 0 Å². The van der Waals surface area contributed by atoms with E-state index in [1.54, 1.807) is 30.3 Å². The maximum absolute atomic E-state index is 12.9. The Bertz CT molecular complexity index is 639. The van der Waals surface area contributed by atoms with Crippen LogP contribution < -0.4 is 5.32 Å². The lowest BCUT2D eigenvalue weighted by molar-refractivity contribution is -0.117. The third kappa shape index (κ3) is 2.50. The number of phenols is 1. The normalized spacial score (nSPS) is 20.4. The Labute approximate surface area is 116 Å². The second kappa shape index (κ2) is 4.96. The van der Waals surface area contributed by atoms with E-state index in [2.05, 4.69) is 5.32 Å². The van der Waals surface area contributed by atoms with E-state index in [0.717, 1.165) is 12.0 Å². The fourth-order valence-electron chi connectivity index (χ4n) is 2.37. The zero-order valence-corrected chi connectivity index (χ0v) is 10.7. The monoisotopic (exact) mass is 271 g/mol. The van der Waals surface area contributed by atoms with Crippen LogP contribution >= 0.6 is 0 Å². The SMILES string of the molecule is O=C(Nc1ccccc1O)C1CC1c1ccc(F)cc1. The van der Waals surface area contributed by atoms with E-state index in [9.17, 15) is 14.3 Å². The van der Waals surface area contributed by atoms with Gasteiger partial charge in [0.1, 0.15) is 11.6 Å². The molecule has 1 amide bonds. The van der Waals surface area contributed by atoms with Crippen molar-refractivity contribution in [2.24, 2.45) is 5.92 Å². The van der Waals surface area contributed by atoms with Crippen LogP contribution in [0.5, 0.6) is 5.75 Å². The van der Waals surface area contributed by atoms with Gasteiger partial charge in [-0.15, -0.1) is 0 Å². The first-order valence-corrected chi connectivity index (χ1v) is 6.49. The van der Waals surface area contributed by atoms with E-state index in [-0.39, 0.29) is 29.3 Å². The van der Waals surface area contributed by atoms with Crippen LogP contribution in [0.15, 0.2) is 48.5 Å². The van der Waals surface area contributed by atoms with Crippen LogP contribution in [0.1, 0.15) is 17.9 Å². The molecule has 0 heterocycles. The second-order valence-electron chi connectivity index (χ2n) is 5.01. The Morgan fingerprint density at radius 1 is 1.15 bits per heavy atom. The van der Waals surface area contributed by atoms with Crippen LogP contribution in [0.2, 0.25) is 0 Å². The number of hydrogen-bond donors (Lipinski definition) is 2. The molecule has 0 radical (unpaired) electrons. The maximum atomic E-state index is 12.9. The van der Waals surface area contributed by atoms with Gasteiger partial charge in [-0.2, -0.15) is 0 Å². The molecule has 2 atom stereocenters. The molecule has 1 aliphatic carbocycles. The van der Waals surface area contributed by atoms with Crippen molar-refractivity contribution in [2.75, 3.05) is 5.32 Å². The Morgan fingerprint density at radius 3 is 2.55 bits per heavy atom. The van der Waals surface area contributed by atoms with E-state index >= 15 is 0 Å². The summed E-state index contributed by atoms with van der Waals surface area (Å²) in [6.45, 7) is 0. The molecule has 2 aromatic rings. The van der Waals surface area contributed by atoms with Gasteiger partial charge >= 0.3 is 0 Å². The van der Waals surface area contributed by atoms with Crippen LogP contribution in [0.4, 0.5) is 10.1 Å². The predicted molar refractivity (Wildman–Crippen MR) is 74.0 cm³/mol. The van der Waals surface area contributed by atoms with Crippen molar-refractivity contribution < 1.29 is 14.3 Å². The summed E-state index contributed by atoms with van der Waals surface area (Å²) >= 11 is 0. The average molecular weight is 271 g/mol. The van der Waals surface area contributed by atoms with Crippen LogP contribution in [0, 0.1) is 11.7 Å². The van der Waals surface area contributed by atoms with E-state index < -0.39 is 0 Å². The average Bonchev–Trinajstić information content (AvgIpc) is 3.23. The highest BCUT2D eigenvalue weighted by Crippen LogP contribution is 2.48. The molecule has 20 heavy (non-hydrogen) atoms. The van der Waals surface area contributed by atoms with Crippen molar-refractivity contribution in [3.8, 4) is 5.75 Å². The highest BCUT2D eigenvalue weighted by atomic mass is 19.1. The first-order chi connectivity index (χ1) is 9.65. The summed E-state index contributed by atoms with van der Waals surface area (Å²) in [7, 11) is 0. The van der Waals surface area contributed by atoms with Gasteiger partial charge in [0.25, 0.3) is 0 Å². The van der Waals surface area contributed by atoms with Gasteiger partial charge in [-0.1, -0.05) is 24.3 Å². The highest BCUT2D eigenvalue weighted by molar-refractivity contribution is 5.96. The third-order valence-electron chi connectivity index (χ3n) is 3.59. The number of aromatic hydroxyl groups is 1. The summed E-state index contributed by atoms with van der Waals surface area (Å²) < 4.78 is 12.9. The van der Waals surface area contributed by atoms with Crippen molar-refractivity contribution >= 4 is 11.6 Å². The molecule has 102 valence electrons. The number of anilines is 1. The number of halogens is 1.